The molecule has 0 bridgehead atoms. The number of rotatable bonds is 4. The molecule has 17 heavy (non-hydrogen) atoms. The highest BCUT2D eigenvalue weighted by Crippen LogP contribution is 2.17. The van der Waals surface area contributed by atoms with Crippen LogP contribution in [0.2, 0.25) is 0 Å². The van der Waals surface area contributed by atoms with Crippen LogP contribution in [0.4, 0.5) is 0 Å². The van der Waals surface area contributed by atoms with E-state index in [1.54, 1.807) is 24.3 Å². The molecule has 2 heterocycles. The number of carbonyl (C=O) groups is 1. The molecule has 0 radical (unpaired) electrons. The number of nitrogens with one attached hydrogen (secondary N) is 1. The van der Waals surface area contributed by atoms with E-state index < -0.39 is 0 Å². The van der Waals surface area contributed by atoms with Crippen molar-refractivity contribution in [1.29, 1.82) is 0 Å². The van der Waals surface area contributed by atoms with Gasteiger partial charge in [0, 0.05) is 9.75 Å². The monoisotopic (exact) mass is 249 g/mol. The van der Waals surface area contributed by atoms with Gasteiger partial charge in [-0.3, -0.25) is 4.79 Å². The van der Waals surface area contributed by atoms with Crippen LogP contribution in [0.3, 0.4) is 0 Å². The molecule has 0 unspecified atom stereocenters. The van der Waals surface area contributed by atoms with Gasteiger partial charge in [-0.2, -0.15) is 0 Å². The summed E-state index contributed by atoms with van der Waals surface area (Å²) in [5.41, 5.74) is 0.609. The van der Waals surface area contributed by atoms with Gasteiger partial charge in [-0.05, 0) is 31.5 Å². The van der Waals surface area contributed by atoms with Crippen LogP contribution in [0, 0.1) is 6.92 Å². The van der Waals surface area contributed by atoms with Gasteiger partial charge in [0.2, 0.25) is 0 Å². The van der Waals surface area contributed by atoms with Gasteiger partial charge in [-0.15, -0.1) is 11.3 Å². The Bertz CT molecular complexity index is 513. The number of hydrogen-bond acceptors (Lipinski definition) is 3. The summed E-state index contributed by atoms with van der Waals surface area (Å²) in [6.07, 6.45) is 2.57. The molecular formula is C13H15NO2S. The number of thiophene rings is 1. The highest BCUT2D eigenvalue weighted by atomic mass is 32.1. The molecule has 0 aromatic carbocycles. The Morgan fingerprint density at radius 3 is 2.71 bits per heavy atom. The summed E-state index contributed by atoms with van der Waals surface area (Å²) in [5, 5.41) is 2.89. The first-order chi connectivity index (χ1) is 8.20. The first-order valence-corrected chi connectivity index (χ1v) is 6.42. The van der Waals surface area contributed by atoms with Crippen molar-refractivity contribution in [3.05, 3.63) is 45.5 Å². The van der Waals surface area contributed by atoms with Gasteiger partial charge >= 0.3 is 0 Å². The predicted octanol–water partition coefficient (Wildman–Crippen LogP) is 3.14. The van der Waals surface area contributed by atoms with Gasteiger partial charge in [-0.25, -0.2) is 0 Å². The third kappa shape index (κ3) is 2.77. The average Bonchev–Trinajstić information content (AvgIpc) is 2.94. The summed E-state index contributed by atoms with van der Waals surface area (Å²) >= 11 is 1.74. The van der Waals surface area contributed by atoms with Crippen LogP contribution in [0.15, 0.2) is 28.9 Å². The fourth-order valence-electron chi connectivity index (χ4n) is 1.59. The molecule has 0 aliphatic carbocycles. The van der Waals surface area contributed by atoms with Crippen molar-refractivity contribution < 1.29 is 9.21 Å². The van der Waals surface area contributed by atoms with Crippen molar-refractivity contribution in [3.63, 3.8) is 0 Å². The highest BCUT2D eigenvalue weighted by molar-refractivity contribution is 7.11. The average molecular weight is 249 g/mol. The number of carbonyl (C=O) groups excluding carboxylic acids is 1. The normalized spacial score (nSPS) is 10.5. The zero-order valence-electron chi connectivity index (χ0n) is 9.95. The molecule has 1 amide bonds. The summed E-state index contributed by atoms with van der Waals surface area (Å²) in [5.74, 6) is 0.575. The molecule has 0 atom stereocenters. The minimum absolute atomic E-state index is 0.0808. The molecule has 2 aromatic heterocycles. The smallest absolute Gasteiger partial charge is 0.255 e. The first kappa shape index (κ1) is 11.9. The van der Waals surface area contributed by atoms with Gasteiger partial charge in [0.1, 0.15) is 5.76 Å². The molecule has 0 saturated carbocycles. The van der Waals surface area contributed by atoms with E-state index in [0.717, 1.165) is 6.42 Å². The third-order valence-electron chi connectivity index (χ3n) is 2.59. The van der Waals surface area contributed by atoms with E-state index >= 15 is 0 Å². The fraction of sp³-hybridized carbons (Fsp3) is 0.308. The maximum atomic E-state index is 11.8. The van der Waals surface area contributed by atoms with E-state index in [-0.39, 0.29) is 5.91 Å². The Morgan fingerprint density at radius 1 is 1.35 bits per heavy atom. The minimum atomic E-state index is -0.0808. The maximum absolute atomic E-state index is 11.8. The summed E-state index contributed by atoms with van der Waals surface area (Å²) in [6.45, 7) is 4.49. The van der Waals surface area contributed by atoms with Gasteiger partial charge < -0.3 is 9.73 Å². The van der Waals surface area contributed by atoms with Crippen molar-refractivity contribution in [1.82, 2.24) is 5.32 Å². The van der Waals surface area contributed by atoms with Crippen molar-refractivity contribution in [2.45, 2.75) is 26.8 Å². The Labute approximate surface area is 104 Å². The van der Waals surface area contributed by atoms with Crippen molar-refractivity contribution in [2.24, 2.45) is 0 Å². The molecule has 4 heteroatoms. The summed E-state index contributed by atoms with van der Waals surface area (Å²) in [6, 6.07) is 5.86. The standard InChI is InChI=1S/C13H15NO2S/c1-3-10-4-5-11(17-10)8-14-13(15)12-6-7-16-9(12)2/h4-7H,3,8H2,1-2H3,(H,14,15). The highest BCUT2D eigenvalue weighted by Gasteiger charge is 2.11. The van der Waals surface area contributed by atoms with Crippen LogP contribution in [-0.2, 0) is 13.0 Å². The molecule has 0 spiro atoms. The fourth-order valence-corrected chi connectivity index (χ4v) is 2.49. The first-order valence-electron chi connectivity index (χ1n) is 5.60. The van der Waals surface area contributed by atoms with Gasteiger partial charge in [0.25, 0.3) is 5.91 Å². The Balaban J connectivity index is 1.94. The second-order valence-electron chi connectivity index (χ2n) is 3.79. The number of furan rings is 1. The number of hydrogen-bond donors (Lipinski definition) is 1. The maximum Gasteiger partial charge on any atom is 0.255 e. The Kier molecular flexibility index (Phi) is 3.64. The van der Waals surface area contributed by atoms with Gasteiger partial charge in [0.05, 0.1) is 18.4 Å². The largest absolute Gasteiger partial charge is 0.469 e. The molecule has 1 N–H and O–H groups in total. The van der Waals surface area contributed by atoms with Crippen molar-refractivity contribution in [2.75, 3.05) is 0 Å². The molecular weight excluding hydrogens is 234 g/mol. The zero-order valence-corrected chi connectivity index (χ0v) is 10.8. The van der Waals surface area contributed by atoms with Crippen LogP contribution in [0.5, 0.6) is 0 Å². The second kappa shape index (κ2) is 5.19. The van der Waals surface area contributed by atoms with E-state index in [1.165, 1.54) is 16.0 Å². The second-order valence-corrected chi connectivity index (χ2v) is 5.05. The van der Waals surface area contributed by atoms with E-state index in [9.17, 15) is 4.79 Å². The van der Waals surface area contributed by atoms with Crippen molar-refractivity contribution in [3.8, 4) is 0 Å². The lowest BCUT2D eigenvalue weighted by atomic mass is 10.2. The van der Waals surface area contributed by atoms with E-state index in [4.69, 9.17) is 4.42 Å². The van der Waals surface area contributed by atoms with Gasteiger partial charge in [-0.1, -0.05) is 6.92 Å². The number of aryl methyl sites for hydroxylation is 2. The molecule has 3 nitrogen and oxygen atoms in total. The van der Waals surface area contributed by atoms with Crippen molar-refractivity contribution >= 4 is 17.2 Å². The molecule has 2 rings (SSSR count). The van der Waals surface area contributed by atoms with Crippen LogP contribution in [0.25, 0.3) is 0 Å². The lowest BCUT2D eigenvalue weighted by Gasteiger charge is -2.01. The molecule has 0 fully saturated rings. The van der Waals surface area contributed by atoms with E-state index in [0.29, 0.717) is 17.9 Å². The summed E-state index contributed by atoms with van der Waals surface area (Å²) in [7, 11) is 0. The Morgan fingerprint density at radius 2 is 2.12 bits per heavy atom. The lowest BCUT2D eigenvalue weighted by molar-refractivity contribution is 0.0950. The summed E-state index contributed by atoms with van der Waals surface area (Å²) < 4.78 is 5.10. The number of amides is 1. The van der Waals surface area contributed by atoms with Crippen LogP contribution < -0.4 is 5.32 Å². The lowest BCUT2D eigenvalue weighted by Crippen LogP contribution is -2.22. The molecule has 0 aliphatic rings. The third-order valence-corrected chi connectivity index (χ3v) is 3.82. The van der Waals surface area contributed by atoms with E-state index in [1.807, 2.05) is 0 Å². The topological polar surface area (TPSA) is 42.2 Å². The van der Waals surface area contributed by atoms with Crippen LogP contribution in [-0.4, -0.2) is 5.91 Å². The summed E-state index contributed by atoms with van der Waals surface area (Å²) in [4.78, 5) is 14.3. The van der Waals surface area contributed by atoms with Gasteiger partial charge in [0.15, 0.2) is 0 Å². The van der Waals surface area contributed by atoms with E-state index in [2.05, 4.69) is 24.4 Å². The quantitative estimate of drug-likeness (QED) is 0.904. The molecule has 0 aliphatic heterocycles. The predicted molar refractivity (Wildman–Crippen MR) is 68.3 cm³/mol. The molecule has 0 saturated heterocycles. The van der Waals surface area contributed by atoms with Crippen LogP contribution in [0.1, 0.15) is 32.8 Å². The zero-order chi connectivity index (χ0) is 12.3. The Hall–Kier alpha value is -1.55. The molecule has 2 aromatic rings. The molecule has 90 valence electrons. The SMILES string of the molecule is CCc1ccc(CNC(=O)c2ccoc2C)s1. The minimum Gasteiger partial charge on any atom is -0.469 e. The van der Waals surface area contributed by atoms with Crippen LogP contribution >= 0.6 is 11.3 Å².